The zero-order chi connectivity index (χ0) is 18.5. The molecule has 1 aliphatic rings. The number of nitrogens with zero attached hydrogens (tertiary/aromatic N) is 2. The van der Waals surface area contributed by atoms with Crippen LogP contribution >= 0.6 is 11.8 Å². The maximum atomic E-state index is 11.8. The molecule has 3 N–H and O–H groups in total. The van der Waals surface area contributed by atoms with E-state index < -0.39 is 23.7 Å². The number of hydrogen-bond acceptors (Lipinski definition) is 7. The van der Waals surface area contributed by atoms with Gasteiger partial charge in [-0.05, 0) is 6.07 Å². The van der Waals surface area contributed by atoms with Crippen LogP contribution in [-0.4, -0.2) is 45.9 Å². The monoisotopic (exact) mass is 372 g/mol. The minimum Gasteiger partial charge on any atom is -0.548 e. The topological polar surface area (TPSA) is 139 Å². The van der Waals surface area contributed by atoms with Crippen molar-refractivity contribution in [1.29, 1.82) is 0 Å². The molecule has 1 aliphatic heterocycles. The number of nitrogens with one attached hydrogen (secondary N) is 3. The Morgan fingerprint density at radius 3 is 2.96 bits per heavy atom. The lowest BCUT2D eigenvalue weighted by Gasteiger charge is -2.07. The minimum absolute atomic E-state index is 0.158. The van der Waals surface area contributed by atoms with Crippen molar-refractivity contribution in [1.82, 2.24) is 15.6 Å². The molecule has 134 valence electrons. The van der Waals surface area contributed by atoms with E-state index in [9.17, 15) is 19.5 Å². The van der Waals surface area contributed by atoms with Crippen LogP contribution in [0.5, 0.6) is 0 Å². The third-order valence-corrected chi connectivity index (χ3v) is 4.62. The summed E-state index contributed by atoms with van der Waals surface area (Å²) in [4.78, 5) is 36.9. The molecule has 0 bridgehead atoms. The molecule has 0 spiro atoms. The van der Waals surface area contributed by atoms with Gasteiger partial charge in [-0.2, -0.15) is 5.10 Å². The number of rotatable bonds is 6. The second-order valence-electron chi connectivity index (χ2n) is 5.39. The van der Waals surface area contributed by atoms with Gasteiger partial charge in [0.15, 0.2) is 5.17 Å². The zero-order valence-electron chi connectivity index (χ0n) is 13.4. The van der Waals surface area contributed by atoms with Gasteiger partial charge < -0.3 is 25.5 Å². The average molecular weight is 372 g/mol. The van der Waals surface area contributed by atoms with Gasteiger partial charge in [0, 0.05) is 29.1 Å². The van der Waals surface area contributed by atoms with Crippen molar-refractivity contribution < 1.29 is 19.5 Å². The van der Waals surface area contributed by atoms with Crippen molar-refractivity contribution in [2.45, 2.75) is 11.7 Å². The fraction of sp³-hybridized carbons (Fsp3) is 0.188. The van der Waals surface area contributed by atoms with E-state index in [4.69, 9.17) is 0 Å². The van der Waals surface area contributed by atoms with Crippen molar-refractivity contribution in [3.63, 3.8) is 0 Å². The minimum atomic E-state index is -1.39. The largest absolute Gasteiger partial charge is 0.548 e. The van der Waals surface area contributed by atoms with Crippen molar-refractivity contribution in [3.8, 4) is 0 Å². The predicted molar refractivity (Wildman–Crippen MR) is 95.5 cm³/mol. The third-order valence-electron chi connectivity index (χ3n) is 3.54. The second kappa shape index (κ2) is 7.83. The molecule has 2 amide bonds. The first-order valence-electron chi connectivity index (χ1n) is 7.64. The Kier molecular flexibility index (Phi) is 5.32. The first-order chi connectivity index (χ1) is 12.5. The number of hydrogen-bond donors (Lipinski definition) is 3. The van der Waals surface area contributed by atoms with E-state index in [-0.39, 0.29) is 17.5 Å². The molecule has 0 saturated carbocycles. The number of carboxylic acid groups (broad SMARTS) is 1. The molecule has 26 heavy (non-hydrogen) atoms. The van der Waals surface area contributed by atoms with Crippen LogP contribution in [-0.2, 0) is 14.4 Å². The number of para-hydroxylation sites is 1. The lowest BCUT2D eigenvalue weighted by Crippen LogP contribution is -2.39. The number of carbonyl (C=O) groups is 3. The Bertz CT molecular complexity index is 920. The summed E-state index contributed by atoms with van der Waals surface area (Å²) in [5.41, 5.74) is 1.84. The maximum Gasteiger partial charge on any atom is 0.240 e. The molecule has 3 rings (SSSR count). The van der Waals surface area contributed by atoms with Crippen molar-refractivity contribution in [2.75, 3.05) is 6.54 Å². The molecule has 0 unspecified atom stereocenters. The van der Waals surface area contributed by atoms with Crippen LogP contribution in [0.1, 0.15) is 12.0 Å². The molecule has 1 aromatic carbocycles. The van der Waals surface area contributed by atoms with Gasteiger partial charge in [-0.25, -0.2) is 0 Å². The van der Waals surface area contributed by atoms with Gasteiger partial charge in [-0.15, -0.1) is 5.10 Å². The van der Waals surface area contributed by atoms with Gasteiger partial charge in [0.1, 0.15) is 5.25 Å². The van der Waals surface area contributed by atoms with Gasteiger partial charge >= 0.3 is 0 Å². The number of aromatic amines is 1. The Morgan fingerprint density at radius 1 is 1.35 bits per heavy atom. The van der Waals surface area contributed by atoms with Crippen LogP contribution in [0.25, 0.3) is 10.9 Å². The first-order valence-corrected chi connectivity index (χ1v) is 8.52. The Balaban J connectivity index is 1.59. The molecular formula is C16H14N5O4S-. The number of aliphatic carboxylic acids is 1. The van der Waals surface area contributed by atoms with Crippen LogP contribution in [0.3, 0.4) is 0 Å². The van der Waals surface area contributed by atoms with Gasteiger partial charge in [0.25, 0.3) is 0 Å². The SMILES string of the molecule is O=C([O-])CNC(=O)C[C@H]1S/C(=N/N=C/c2c[nH]c3ccccc23)NC1=O. The second-order valence-corrected chi connectivity index (χ2v) is 6.58. The number of carboxylic acids is 1. The number of thioether (sulfide) groups is 1. The van der Waals surface area contributed by atoms with Gasteiger partial charge in [0.2, 0.25) is 11.8 Å². The quantitative estimate of drug-likeness (QED) is 0.457. The molecule has 9 nitrogen and oxygen atoms in total. The van der Waals surface area contributed by atoms with Gasteiger partial charge in [-0.1, -0.05) is 30.0 Å². The lowest BCUT2D eigenvalue weighted by atomic mass is 10.2. The van der Waals surface area contributed by atoms with E-state index in [2.05, 4.69) is 25.8 Å². The van der Waals surface area contributed by atoms with Crippen LogP contribution < -0.4 is 15.7 Å². The molecule has 0 radical (unpaired) electrons. The summed E-state index contributed by atoms with van der Waals surface area (Å²) < 4.78 is 0. The highest BCUT2D eigenvalue weighted by Crippen LogP contribution is 2.22. The number of benzene rings is 1. The van der Waals surface area contributed by atoms with Crippen molar-refractivity contribution in [3.05, 3.63) is 36.0 Å². The first kappa shape index (κ1) is 17.7. The van der Waals surface area contributed by atoms with Gasteiger partial charge in [-0.3, -0.25) is 9.59 Å². The fourth-order valence-electron chi connectivity index (χ4n) is 2.34. The highest BCUT2D eigenvalue weighted by Gasteiger charge is 2.32. The summed E-state index contributed by atoms with van der Waals surface area (Å²) in [5, 5.41) is 23.5. The summed E-state index contributed by atoms with van der Waals surface area (Å²) in [5.74, 6) is -2.32. The van der Waals surface area contributed by atoms with E-state index in [1.165, 1.54) is 0 Å². The Labute approximate surface area is 151 Å². The van der Waals surface area contributed by atoms with E-state index >= 15 is 0 Å². The molecule has 2 aromatic rings. The smallest absolute Gasteiger partial charge is 0.240 e. The molecule has 1 saturated heterocycles. The fourth-order valence-corrected chi connectivity index (χ4v) is 3.27. The van der Waals surface area contributed by atoms with Crippen LogP contribution in [0.4, 0.5) is 0 Å². The molecule has 1 fully saturated rings. The summed E-state index contributed by atoms with van der Waals surface area (Å²) in [7, 11) is 0. The summed E-state index contributed by atoms with van der Waals surface area (Å²) in [6.45, 7) is -0.590. The Morgan fingerprint density at radius 2 is 2.15 bits per heavy atom. The van der Waals surface area contributed by atoms with Crippen molar-refractivity contribution >= 4 is 51.8 Å². The normalized spacial score (nSPS) is 18.5. The van der Waals surface area contributed by atoms with Crippen LogP contribution in [0.2, 0.25) is 0 Å². The average Bonchev–Trinajstić information content (AvgIpc) is 3.17. The summed E-state index contributed by atoms with van der Waals surface area (Å²) in [6, 6.07) is 7.74. The molecule has 2 heterocycles. The molecule has 1 aromatic heterocycles. The van der Waals surface area contributed by atoms with Gasteiger partial charge in [0.05, 0.1) is 18.7 Å². The number of amidine groups is 1. The lowest BCUT2D eigenvalue weighted by molar-refractivity contribution is -0.304. The molecule has 0 aliphatic carbocycles. The number of fused-ring (bicyclic) bond motifs is 1. The number of H-pyrrole nitrogens is 1. The zero-order valence-corrected chi connectivity index (χ0v) is 14.2. The molecule has 10 heteroatoms. The Hall–Kier alpha value is -3.14. The van der Waals surface area contributed by atoms with Crippen LogP contribution in [0.15, 0.2) is 40.7 Å². The van der Waals surface area contributed by atoms with E-state index in [0.29, 0.717) is 0 Å². The molecule has 1 atom stereocenters. The van der Waals surface area contributed by atoms with Crippen LogP contribution in [0, 0.1) is 0 Å². The predicted octanol–water partition coefficient (Wildman–Crippen LogP) is -0.654. The summed E-state index contributed by atoms with van der Waals surface area (Å²) in [6.07, 6.45) is 3.21. The highest BCUT2D eigenvalue weighted by molar-refractivity contribution is 8.15. The standard InChI is InChI=1S/C16H15N5O4S/c22-13(18-8-14(23)24)5-12-15(25)20-16(26-12)21-19-7-9-6-17-11-4-2-1-3-10(9)11/h1-4,6-7,12,17H,5,8H2,(H,18,22)(H,23,24)(H,20,21,25)/p-1/b19-7+/t12-/m1/s1. The van der Waals surface area contributed by atoms with E-state index in [1.807, 2.05) is 24.3 Å². The highest BCUT2D eigenvalue weighted by atomic mass is 32.2. The molecular weight excluding hydrogens is 358 g/mol. The van der Waals surface area contributed by atoms with Crippen molar-refractivity contribution in [2.24, 2.45) is 10.2 Å². The van der Waals surface area contributed by atoms with E-state index in [1.54, 1.807) is 12.4 Å². The summed E-state index contributed by atoms with van der Waals surface area (Å²) >= 11 is 1.07. The van der Waals surface area contributed by atoms with E-state index in [0.717, 1.165) is 28.2 Å². The number of carbonyl (C=O) groups excluding carboxylic acids is 3. The number of aromatic nitrogens is 1. The maximum absolute atomic E-state index is 11.8. The number of amides is 2. The third kappa shape index (κ3) is 4.28.